The number of nitrogens with zero attached hydrogens (tertiary/aromatic N) is 2. The Morgan fingerprint density at radius 3 is 3.17 bits per heavy atom. The zero-order valence-corrected chi connectivity index (χ0v) is 6.95. The van der Waals surface area contributed by atoms with E-state index in [0.717, 1.165) is 6.42 Å². The van der Waals surface area contributed by atoms with Gasteiger partial charge in [-0.25, -0.2) is 4.98 Å². The van der Waals surface area contributed by atoms with E-state index >= 15 is 0 Å². The number of hydrogen-bond acceptors (Lipinski definition) is 3. The lowest BCUT2D eigenvalue weighted by Gasteiger charge is -2.01. The Kier molecular flexibility index (Phi) is 3.09. The van der Waals surface area contributed by atoms with Crippen LogP contribution in [-0.4, -0.2) is 11.6 Å². The lowest BCUT2D eigenvalue weighted by Crippen LogP contribution is -1.96. The van der Waals surface area contributed by atoms with Crippen molar-refractivity contribution in [3.63, 3.8) is 0 Å². The van der Waals surface area contributed by atoms with E-state index in [1.165, 1.54) is 0 Å². The molecule has 62 valence electrons. The van der Waals surface area contributed by atoms with Crippen molar-refractivity contribution >= 4 is 0 Å². The predicted octanol–water partition coefficient (Wildman–Crippen LogP) is 1.74. The normalized spacial score (nSPS) is 9.00. The molecule has 0 amide bonds. The van der Waals surface area contributed by atoms with Crippen LogP contribution < -0.4 is 4.74 Å². The molecule has 0 N–H and O–H groups in total. The summed E-state index contributed by atoms with van der Waals surface area (Å²) in [7, 11) is 0. The molecule has 3 heteroatoms. The molecule has 0 aliphatic carbocycles. The van der Waals surface area contributed by atoms with Crippen LogP contribution in [0.4, 0.5) is 0 Å². The van der Waals surface area contributed by atoms with E-state index < -0.39 is 0 Å². The Morgan fingerprint density at radius 1 is 1.67 bits per heavy atom. The summed E-state index contributed by atoms with van der Waals surface area (Å²) in [6, 6.07) is 5.31. The third-order valence-corrected chi connectivity index (χ3v) is 1.32. The molecule has 1 heterocycles. The largest absolute Gasteiger partial charge is 0.478 e. The fraction of sp³-hybridized carbons (Fsp3) is 0.333. The highest BCUT2D eigenvalue weighted by molar-refractivity contribution is 5.31. The molecule has 0 aliphatic heterocycles. The molecule has 0 unspecified atom stereocenters. The van der Waals surface area contributed by atoms with Crippen LogP contribution in [0.25, 0.3) is 0 Å². The molecule has 0 fully saturated rings. The minimum absolute atomic E-state index is 0.524. The minimum atomic E-state index is 0.524. The SMILES string of the molecule is CCCOc1cc(C#N)ccn1. The van der Waals surface area contributed by atoms with E-state index in [1.54, 1.807) is 18.3 Å². The molecular formula is C9H10N2O. The molecular weight excluding hydrogens is 152 g/mol. The first-order valence-electron chi connectivity index (χ1n) is 3.85. The van der Waals surface area contributed by atoms with E-state index in [0.29, 0.717) is 18.1 Å². The van der Waals surface area contributed by atoms with Crippen LogP contribution in [0.2, 0.25) is 0 Å². The number of ether oxygens (including phenoxy) is 1. The Labute approximate surface area is 71.6 Å². The van der Waals surface area contributed by atoms with E-state index in [9.17, 15) is 0 Å². The molecule has 1 rings (SSSR count). The van der Waals surface area contributed by atoms with E-state index in [4.69, 9.17) is 10.00 Å². The van der Waals surface area contributed by atoms with Crippen molar-refractivity contribution in [1.29, 1.82) is 5.26 Å². The van der Waals surface area contributed by atoms with Crippen LogP contribution >= 0.6 is 0 Å². The Bertz CT molecular complexity index is 291. The third kappa shape index (κ3) is 2.24. The second-order valence-corrected chi connectivity index (χ2v) is 2.34. The van der Waals surface area contributed by atoms with E-state index in [1.807, 2.05) is 13.0 Å². The summed E-state index contributed by atoms with van der Waals surface area (Å²) in [4.78, 5) is 3.95. The summed E-state index contributed by atoms with van der Waals surface area (Å²) in [5, 5.41) is 8.55. The lowest BCUT2D eigenvalue weighted by molar-refractivity contribution is 0.305. The highest BCUT2D eigenvalue weighted by atomic mass is 16.5. The molecule has 0 radical (unpaired) electrons. The predicted molar refractivity (Wildman–Crippen MR) is 44.7 cm³/mol. The molecule has 1 aromatic rings. The van der Waals surface area contributed by atoms with Gasteiger partial charge in [0.1, 0.15) is 0 Å². The maximum absolute atomic E-state index is 8.55. The Morgan fingerprint density at radius 2 is 2.50 bits per heavy atom. The quantitative estimate of drug-likeness (QED) is 0.680. The fourth-order valence-electron chi connectivity index (χ4n) is 0.765. The molecule has 0 saturated heterocycles. The van der Waals surface area contributed by atoms with Crippen LogP contribution in [0, 0.1) is 11.3 Å². The summed E-state index contributed by atoms with van der Waals surface area (Å²) in [6.45, 7) is 2.66. The maximum Gasteiger partial charge on any atom is 0.214 e. The maximum atomic E-state index is 8.55. The van der Waals surface area contributed by atoms with Gasteiger partial charge in [-0.05, 0) is 12.5 Å². The highest BCUT2D eigenvalue weighted by Crippen LogP contribution is 2.07. The first-order valence-corrected chi connectivity index (χ1v) is 3.85. The molecule has 0 spiro atoms. The highest BCUT2D eigenvalue weighted by Gasteiger charge is 1.95. The molecule has 0 saturated carbocycles. The monoisotopic (exact) mass is 162 g/mol. The summed E-state index contributed by atoms with van der Waals surface area (Å²) in [5.41, 5.74) is 0.580. The van der Waals surface area contributed by atoms with Crippen molar-refractivity contribution in [2.24, 2.45) is 0 Å². The number of pyridine rings is 1. The van der Waals surface area contributed by atoms with Gasteiger partial charge in [0.2, 0.25) is 5.88 Å². The van der Waals surface area contributed by atoms with Crippen molar-refractivity contribution in [2.45, 2.75) is 13.3 Å². The van der Waals surface area contributed by atoms with Crippen molar-refractivity contribution < 1.29 is 4.74 Å². The second kappa shape index (κ2) is 4.35. The van der Waals surface area contributed by atoms with Crippen LogP contribution in [0.5, 0.6) is 5.88 Å². The van der Waals surface area contributed by atoms with E-state index in [-0.39, 0.29) is 0 Å². The molecule has 12 heavy (non-hydrogen) atoms. The molecule has 0 aromatic carbocycles. The third-order valence-electron chi connectivity index (χ3n) is 1.32. The van der Waals surface area contributed by atoms with Crippen LogP contribution in [0.15, 0.2) is 18.3 Å². The van der Waals surface area contributed by atoms with Gasteiger partial charge < -0.3 is 4.74 Å². The standard InChI is InChI=1S/C9H10N2O/c1-2-5-12-9-6-8(7-10)3-4-11-9/h3-4,6H,2,5H2,1H3. The van der Waals surface area contributed by atoms with Crippen molar-refractivity contribution in [3.05, 3.63) is 23.9 Å². The Hall–Kier alpha value is -1.56. The first kappa shape index (κ1) is 8.54. The zero-order chi connectivity index (χ0) is 8.81. The first-order chi connectivity index (χ1) is 5.86. The lowest BCUT2D eigenvalue weighted by atomic mass is 10.3. The molecule has 0 atom stereocenters. The topological polar surface area (TPSA) is 45.9 Å². The second-order valence-electron chi connectivity index (χ2n) is 2.34. The van der Waals surface area contributed by atoms with Crippen LogP contribution in [0.1, 0.15) is 18.9 Å². The molecule has 0 aliphatic rings. The summed E-state index contributed by atoms with van der Waals surface area (Å²) in [6.07, 6.45) is 2.52. The fourth-order valence-corrected chi connectivity index (χ4v) is 0.765. The van der Waals surface area contributed by atoms with Crippen molar-refractivity contribution in [2.75, 3.05) is 6.61 Å². The van der Waals surface area contributed by atoms with Crippen LogP contribution in [0.3, 0.4) is 0 Å². The minimum Gasteiger partial charge on any atom is -0.478 e. The van der Waals surface area contributed by atoms with Gasteiger partial charge in [0, 0.05) is 12.3 Å². The molecule has 1 aromatic heterocycles. The van der Waals surface area contributed by atoms with Gasteiger partial charge in [0.05, 0.1) is 18.2 Å². The molecule has 3 nitrogen and oxygen atoms in total. The number of aromatic nitrogens is 1. The average Bonchev–Trinajstić information content (AvgIpc) is 2.15. The summed E-state index contributed by atoms with van der Waals surface area (Å²) < 4.78 is 5.24. The van der Waals surface area contributed by atoms with Gasteiger partial charge in [-0.2, -0.15) is 5.26 Å². The Balaban J connectivity index is 2.68. The van der Waals surface area contributed by atoms with Gasteiger partial charge in [-0.3, -0.25) is 0 Å². The smallest absolute Gasteiger partial charge is 0.214 e. The van der Waals surface area contributed by atoms with Crippen LogP contribution in [-0.2, 0) is 0 Å². The van der Waals surface area contributed by atoms with E-state index in [2.05, 4.69) is 4.98 Å². The van der Waals surface area contributed by atoms with Gasteiger partial charge in [-0.1, -0.05) is 6.92 Å². The number of rotatable bonds is 3. The van der Waals surface area contributed by atoms with Gasteiger partial charge in [0.25, 0.3) is 0 Å². The zero-order valence-electron chi connectivity index (χ0n) is 6.95. The van der Waals surface area contributed by atoms with Gasteiger partial charge >= 0.3 is 0 Å². The number of nitriles is 1. The van der Waals surface area contributed by atoms with Crippen molar-refractivity contribution in [3.8, 4) is 11.9 Å². The summed E-state index contributed by atoms with van der Waals surface area (Å²) in [5.74, 6) is 0.524. The summed E-state index contributed by atoms with van der Waals surface area (Å²) >= 11 is 0. The average molecular weight is 162 g/mol. The van der Waals surface area contributed by atoms with Crippen molar-refractivity contribution in [1.82, 2.24) is 4.98 Å². The van der Waals surface area contributed by atoms with Gasteiger partial charge in [0.15, 0.2) is 0 Å². The van der Waals surface area contributed by atoms with Gasteiger partial charge in [-0.15, -0.1) is 0 Å². The number of hydrogen-bond donors (Lipinski definition) is 0. The molecule has 0 bridgehead atoms.